The van der Waals surface area contributed by atoms with Gasteiger partial charge in [-0.05, 0) is 37.9 Å². The van der Waals surface area contributed by atoms with Gasteiger partial charge in [0.15, 0.2) is 8.32 Å². The van der Waals surface area contributed by atoms with Crippen molar-refractivity contribution in [2.45, 2.75) is 76.8 Å². The van der Waals surface area contributed by atoms with E-state index in [4.69, 9.17) is 4.43 Å². The lowest BCUT2D eigenvalue weighted by molar-refractivity contribution is 0.0782. The van der Waals surface area contributed by atoms with Crippen LogP contribution in [0.2, 0.25) is 18.1 Å². The van der Waals surface area contributed by atoms with Crippen molar-refractivity contribution in [3.63, 3.8) is 0 Å². The quantitative estimate of drug-likeness (QED) is 0.751. The summed E-state index contributed by atoms with van der Waals surface area (Å²) in [6.07, 6.45) is 2.91. The van der Waals surface area contributed by atoms with Crippen LogP contribution in [0.25, 0.3) is 0 Å². The van der Waals surface area contributed by atoms with Crippen molar-refractivity contribution in [1.29, 1.82) is 0 Å². The molecule has 0 aromatic heterocycles. The van der Waals surface area contributed by atoms with Crippen LogP contribution >= 0.6 is 0 Å². The van der Waals surface area contributed by atoms with Crippen molar-refractivity contribution < 1.29 is 9.53 Å². The van der Waals surface area contributed by atoms with Gasteiger partial charge >= 0.3 is 0 Å². The highest BCUT2D eigenvalue weighted by Gasteiger charge is 2.44. The number of hydrogen-bond acceptors (Lipinski definition) is 2. The fourth-order valence-electron chi connectivity index (χ4n) is 1.60. The van der Waals surface area contributed by atoms with E-state index >= 15 is 0 Å². The molecule has 0 amide bonds. The Morgan fingerprint density at radius 1 is 1.33 bits per heavy atom. The summed E-state index contributed by atoms with van der Waals surface area (Å²) in [5.74, 6) is 0. The molecular formula is C12H26O2Si. The maximum Gasteiger partial charge on any atom is 0.192 e. The van der Waals surface area contributed by atoms with E-state index < -0.39 is 8.32 Å². The third kappa shape index (κ3) is 3.57. The van der Waals surface area contributed by atoms with Crippen LogP contribution in [0.3, 0.4) is 0 Å². The largest absolute Gasteiger partial charge is 0.414 e. The van der Waals surface area contributed by atoms with Gasteiger partial charge in [-0.2, -0.15) is 0 Å². The number of hydrogen-bond donors (Lipinski definition) is 1. The second-order valence-corrected chi connectivity index (χ2v) is 11.4. The smallest absolute Gasteiger partial charge is 0.192 e. The van der Waals surface area contributed by atoms with Crippen molar-refractivity contribution in [3.05, 3.63) is 0 Å². The van der Waals surface area contributed by atoms with Gasteiger partial charge in [0.25, 0.3) is 0 Å². The molecule has 0 aliphatic heterocycles. The minimum absolute atomic E-state index is 0.193. The molecule has 15 heavy (non-hydrogen) atoms. The minimum Gasteiger partial charge on any atom is -0.414 e. The Kier molecular flexibility index (Phi) is 3.40. The Balaban J connectivity index is 2.46. The van der Waals surface area contributed by atoms with Gasteiger partial charge in [0, 0.05) is 12.5 Å². The zero-order chi connectivity index (χ0) is 11.9. The SMILES string of the molecule is CC(CC1(O)CC1)O[Si](C)(C)C(C)(C)C. The maximum atomic E-state index is 9.83. The molecule has 0 spiro atoms. The first-order chi connectivity index (χ1) is 6.56. The van der Waals surface area contributed by atoms with Crippen molar-refractivity contribution in [2.75, 3.05) is 0 Å². The van der Waals surface area contributed by atoms with Crippen LogP contribution < -0.4 is 0 Å². The standard InChI is InChI=1S/C12H26O2Si/c1-10(9-12(13)7-8-12)14-15(5,6)11(2,3)4/h10,13H,7-9H2,1-6H3. The summed E-state index contributed by atoms with van der Waals surface area (Å²) < 4.78 is 6.20. The first-order valence-electron chi connectivity index (χ1n) is 5.96. The fourth-order valence-corrected chi connectivity index (χ4v) is 3.05. The van der Waals surface area contributed by atoms with Crippen molar-refractivity contribution in [2.24, 2.45) is 0 Å². The molecule has 3 heteroatoms. The summed E-state index contributed by atoms with van der Waals surface area (Å²) in [6, 6.07) is 0. The molecule has 0 radical (unpaired) electrons. The molecule has 1 N–H and O–H groups in total. The summed E-state index contributed by atoms with van der Waals surface area (Å²) in [4.78, 5) is 0. The molecule has 0 aromatic rings. The van der Waals surface area contributed by atoms with Gasteiger partial charge in [0.05, 0.1) is 5.60 Å². The van der Waals surface area contributed by atoms with Crippen molar-refractivity contribution in [1.82, 2.24) is 0 Å². The molecule has 2 nitrogen and oxygen atoms in total. The molecule has 1 saturated carbocycles. The zero-order valence-corrected chi connectivity index (χ0v) is 12.1. The summed E-state index contributed by atoms with van der Waals surface area (Å²) in [5, 5.41) is 10.1. The number of rotatable bonds is 4. The van der Waals surface area contributed by atoms with Gasteiger partial charge in [-0.15, -0.1) is 0 Å². The van der Waals surface area contributed by atoms with Gasteiger partial charge in [-0.25, -0.2) is 0 Å². The van der Waals surface area contributed by atoms with E-state index in [1.54, 1.807) is 0 Å². The summed E-state index contributed by atoms with van der Waals surface area (Å²) in [6.45, 7) is 13.4. The highest BCUT2D eigenvalue weighted by atomic mass is 28.4. The van der Waals surface area contributed by atoms with E-state index in [-0.39, 0.29) is 16.7 Å². The van der Waals surface area contributed by atoms with Crippen molar-refractivity contribution in [3.8, 4) is 0 Å². The third-order valence-corrected chi connectivity index (χ3v) is 8.40. The second-order valence-electron chi connectivity index (χ2n) is 6.62. The maximum absolute atomic E-state index is 9.83. The Morgan fingerprint density at radius 3 is 2.13 bits per heavy atom. The molecular weight excluding hydrogens is 204 g/mol. The molecule has 1 atom stereocenters. The minimum atomic E-state index is -1.65. The van der Waals surface area contributed by atoms with Gasteiger partial charge in [0.1, 0.15) is 0 Å². The second kappa shape index (κ2) is 3.86. The van der Waals surface area contributed by atoms with E-state index in [0.29, 0.717) is 0 Å². The molecule has 0 heterocycles. The summed E-state index contributed by atoms with van der Waals surface area (Å²) >= 11 is 0. The molecule has 90 valence electrons. The average molecular weight is 230 g/mol. The molecule has 1 aliphatic rings. The van der Waals surface area contributed by atoms with Crippen LogP contribution in [0.4, 0.5) is 0 Å². The highest BCUT2D eigenvalue weighted by molar-refractivity contribution is 6.74. The van der Waals surface area contributed by atoms with Gasteiger partial charge in [0.2, 0.25) is 0 Å². The molecule has 1 fully saturated rings. The Labute approximate surface area is 95.2 Å². The van der Waals surface area contributed by atoms with Crippen LogP contribution in [0.5, 0.6) is 0 Å². The van der Waals surface area contributed by atoms with Crippen LogP contribution in [0, 0.1) is 0 Å². The van der Waals surface area contributed by atoms with Crippen LogP contribution in [-0.2, 0) is 4.43 Å². The first-order valence-corrected chi connectivity index (χ1v) is 8.87. The molecule has 0 bridgehead atoms. The molecule has 0 aromatic carbocycles. The predicted molar refractivity (Wildman–Crippen MR) is 66.5 cm³/mol. The van der Waals surface area contributed by atoms with Crippen LogP contribution in [0.15, 0.2) is 0 Å². The Bertz CT molecular complexity index is 226. The third-order valence-electron chi connectivity index (χ3n) is 3.80. The molecule has 1 rings (SSSR count). The van der Waals surface area contributed by atoms with Gasteiger partial charge in [-0.3, -0.25) is 0 Å². The Morgan fingerprint density at radius 2 is 1.80 bits per heavy atom. The highest BCUT2D eigenvalue weighted by Crippen LogP contribution is 2.42. The first kappa shape index (κ1) is 13.2. The monoisotopic (exact) mass is 230 g/mol. The normalized spacial score (nSPS) is 22.6. The van der Waals surface area contributed by atoms with E-state index in [0.717, 1.165) is 19.3 Å². The lowest BCUT2D eigenvalue weighted by atomic mass is 10.1. The lowest BCUT2D eigenvalue weighted by Gasteiger charge is -2.38. The van der Waals surface area contributed by atoms with Crippen LogP contribution in [0.1, 0.15) is 47.0 Å². The van der Waals surface area contributed by atoms with Gasteiger partial charge < -0.3 is 9.53 Å². The molecule has 0 saturated heterocycles. The zero-order valence-electron chi connectivity index (χ0n) is 11.1. The topological polar surface area (TPSA) is 29.5 Å². The van der Waals surface area contributed by atoms with Crippen molar-refractivity contribution >= 4 is 8.32 Å². The van der Waals surface area contributed by atoms with Crippen LogP contribution in [-0.4, -0.2) is 25.1 Å². The van der Waals surface area contributed by atoms with Gasteiger partial charge in [-0.1, -0.05) is 20.8 Å². The lowest BCUT2D eigenvalue weighted by Crippen LogP contribution is -2.44. The Hall–Kier alpha value is 0.137. The van der Waals surface area contributed by atoms with E-state index in [2.05, 4.69) is 40.8 Å². The summed E-state index contributed by atoms with van der Waals surface area (Å²) in [7, 11) is -1.65. The predicted octanol–water partition coefficient (Wildman–Crippen LogP) is 3.31. The number of aliphatic hydroxyl groups is 1. The van der Waals surface area contributed by atoms with E-state index in [1.165, 1.54) is 0 Å². The van der Waals surface area contributed by atoms with E-state index in [1.807, 2.05) is 0 Å². The average Bonchev–Trinajstić information content (AvgIpc) is 2.62. The fraction of sp³-hybridized carbons (Fsp3) is 1.00. The molecule has 1 unspecified atom stereocenters. The molecule has 1 aliphatic carbocycles. The summed E-state index contributed by atoms with van der Waals surface area (Å²) in [5.41, 5.74) is -0.387. The van der Waals surface area contributed by atoms with E-state index in [9.17, 15) is 5.11 Å².